The van der Waals surface area contributed by atoms with Crippen LogP contribution in [-0.2, 0) is 11.2 Å². The fourth-order valence-corrected chi connectivity index (χ4v) is 5.93. The molecule has 1 aromatic heterocycles. The molecule has 3 aromatic rings. The molecule has 2 aliphatic heterocycles. The molecule has 2 amide bonds. The van der Waals surface area contributed by atoms with E-state index < -0.39 is 6.04 Å². The van der Waals surface area contributed by atoms with Crippen LogP contribution in [0.2, 0.25) is 0 Å². The van der Waals surface area contributed by atoms with E-state index in [4.69, 9.17) is 9.47 Å². The molecule has 2 atom stereocenters. The Balaban J connectivity index is 1.30. The van der Waals surface area contributed by atoms with Crippen LogP contribution in [0.5, 0.6) is 11.5 Å². The van der Waals surface area contributed by atoms with Gasteiger partial charge in [0.15, 0.2) is 11.5 Å². The molecule has 7 nitrogen and oxygen atoms in total. The lowest BCUT2D eigenvalue weighted by Gasteiger charge is -2.22. The summed E-state index contributed by atoms with van der Waals surface area (Å²) in [5.74, 6) is 1.21. The summed E-state index contributed by atoms with van der Waals surface area (Å²) in [6.07, 6.45) is 2.71. The molecule has 160 valence electrons. The molecule has 0 bridgehead atoms. The van der Waals surface area contributed by atoms with Crippen molar-refractivity contribution in [3.63, 3.8) is 0 Å². The van der Waals surface area contributed by atoms with Crippen molar-refractivity contribution in [3.05, 3.63) is 59.3 Å². The topological polar surface area (TPSA) is 83.7 Å². The quantitative estimate of drug-likeness (QED) is 0.619. The van der Waals surface area contributed by atoms with E-state index in [9.17, 15) is 9.59 Å². The Morgan fingerprint density at radius 2 is 2.06 bits per heavy atom. The van der Waals surface area contributed by atoms with E-state index in [1.165, 1.54) is 12.5 Å². The maximum atomic E-state index is 13.2. The Morgan fingerprint density at radius 3 is 2.87 bits per heavy atom. The van der Waals surface area contributed by atoms with Gasteiger partial charge < -0.3 is 24.7 Å². The molecule has 0 radical (unpaired) electrons. The Kier molecular flexibility index (Phi) is 5.02. The third kappa shape index (κ3) is 3.13. The molecule has 2 aromatic carbocycles. The number of methoxy groups -OCH3 is 2. The van der Waals surface area contributed by atoms with Gasteiger partial charge in [-0.05, 0) is 24.1 Å². The van der Waals surface area contributed by atoms with Gasteiger partial charge in [0.25, 0.3) is 5.91 Å². The summed E-state index contributed by atoms with van der Waals surface area (Å²) in [5.41, 5.74) is 3.62. The summed E-state index contributed by atoms with van der Waals surface area (Å²) in [4.78, 5) is 31.1. The number of thioether (sulfide) groups is 1. The molecule has 0 aliphatic carbocycles. The molecule has 0 saturated carbocycles. The summed E-state index contributed by atoms with van der Waals surface area (Å²) in [6, 6.07) is 11.3. The number of hydrogen-bond acceptors (Lipinski definition) is 5. The van der Waals surface area contributed by atoms with Crippen molar-refractivity contribution in [2.45, 2.75) is 17.8 Å². The van der Waals surface area contributed by atoms with Crippen LogP contribution in [0.4, 0.5) is 0 Å². The van der Waals surface area contributed by atoms with Crippen molar-refractivity contribution in [2.24, 2.45) is 0 Å². The Bertz CT molecular complexity index is 1170. The number of para-hydroxylation sites is 1. The molecule has 3 heterocycles. The minimum atomic E-state index is -0.506. The molecule has 8 heteroatoms. The summed E-state index contributed by atoms with van der Waals surface area (Å²) in [5, 5.41) is 4.01. The van der Waals surface area contributed by atoms with Crippen LogP contribution < -0.4 is 14.8 Å². The van der Waals surface area contributed by atoms with Crippen molar-refractivity contribution in [1.29, 1.82) is 0 Å². The maximum absolute atomic E-state index is 13.2. The van der Waals surface area contributed by atoms with Gasteiger partial charge in [0, 0.05) is 35.0 Å². The van der Waals surface area contributed by atoms with E-state index in [0.29, 0.717) is 29.4 Å². The number of aromatic nitrogens is 1. The number of carbonyl (C=O) groups is 2. The number of aromatic amines is 1. The Labute approximate surface area is 184 Å². The number of fused-ring (bicyclic) bond motifs is 4. The fraction of sp³-hybridized carbons (Fsp3) is 0.304. The maximum Gasteiger partial charge on any atom is 0.260 e. The van der Waals surface area contributed by atoms with E-state index in [1.807, 2.05) is 36.5 Å². The lowest BCUT2D eigenvalue weighted by Crippen LogP contribution is -2.46. The molecule has 0 spiro atoms. The zero-order valence-corrected chi connectivity index (χ0v) is 18.1. The largest absolute Gasteiger partial charge is 0.493 e. The molecular formula is C23H23N3O4S. The van der Waals surface area contributed by atoms with E-state index in [1.54, 1.807) is 23.8 Å². The van der Waals surface area contributed by atoms with E-state index >= 15 is 0 Å². The van der Waals surface area contributed by atoms with E-state index in [-0.39, 0.29) is 17.2 Å². The van der Waals surface area contributed by atoms with Crippen molar-refractivity contribution < 1.29 is 19.1 Å². The second kappa shape index (κ2) is 7.85. The summed E-state index contributed by atoms with van der Waals surface area (Å²) < 4.78 is 10.8. The van der Waals surface area contributed by atoms with Gasteiger partial charge in [0.1, 0.15) is 11.4 Å². The SMILES string of the molecule is COc1ccc2c(c1OC)C(=O)N1[C@@H]2SC[C@H]1C(=O)NCCc1c[nH]c2ccccc12. The first kappa shape index (κ1) is 19.8. The van der Waals surface area contributed by atoms with Crippen LogP contribution in [0, 0.1) is 0 Å². The average molecular weight is 438 g/mol. The van der Waals surface area contributed by atoms with Crippen LogP contribution in [0.15, 0.2) is 42.6 Å². The van der Waals surface area contributed by atoms with Crippen LogP contribution in [0.25, 0.3) is 10.9 Å². The van der Waals surface area contributed by atoms with Gasteiger partial charge in [-0.3, -0.25) is 9.59 Å². The zero-order chi connectivity index (χ0) is 21.5. The Hall–Kier alpha value is -3.13. The third-order valence-corrected chi connectivity index (χ3v) is 7.27. The Morgan fingerprint density at radius 1 is 1.23 bits per heavy atom. The van der Waals surface area contributed by atoms with Gasteiger partial charge in [-0.25, -0.2) is 0 Å². The number of hydrogen-bond donors (Lipinski definition) is 2. The number of rotatable bonds is 6. The van der Waals surface area contributed by atoms with Crippen LogP contribution in [0.1, 0.15) is 26.9 Å². The summed E-state index contributed by atoms with van der Waals surface area (Å²) in [6.45, 7) is 0.513. The normalized spacial score (nSPS) is 19.4. The molecule has 2 N–H and O–H groups in total. The monoisotopic (exact) mass is 437 g/mol. The predicted octanol–water partition coefficient (Wildman–Crippen LogP) is 3.11. The predicted molar refractivity (Wildman–Crippen MR) is 120 cm³/mol. The average Bonchev–Trinajstić information content (AvgIpc) is 3.48. The lowest BCUT2D eigenvalue weighted by molar-refractivity contribution is -0.124. The first-order valence-corrected chi connectivity index (χ1v) is 11.2. The van der Waals surface area contributed by atoms with Crippen LogP contribution >= 0.6 is 11.8 Å². The second-order valence-corrected chi connectivity index (χ2v) is 8.69. The minimum absolute atomic E-state index is 0.123. The lowest BCUT2D eigenvalue weighted by atomic mass is 10.1. The number of H-pyrrole nitrogens is 1. The molecule has 1 saturated heterocycles. The molecule has 31 heavy (non-hydrogen) atoms. The third-order valence-electron chi connectivity index (χ3n) is 5.96. The highest BCUT2D eigenvalue weighted by Crippen LogP contribution is 2.52. The number of nitrogens with zero attached hydrogens (tertiary/aromatic N) is 1. The van der Waals surface area contributed by atoms with Crippen molar-refractivity contribution in [2.75, 3.05) is 26.5 Å². The van der Waals surface area contributed by atoms with Crippen LogP contribution in [-0.4, -0.2) is 54.3 Å². The fourth-order valence-electron chi connectivity index (χ4n) is 4.47. The zero-order valence-electron chi connectivity index (χ0n) is 17.3. The van der Waals surface area contributed by atoms with Gasteiger partial charge >= 0.3 is 0 Å². The van der Waals surface area contributed by atoms with Gasteiger partial charge in [-0.15, -0.1) is 11.8 Å². The molecular weight excluding hydrogens is 414 g/mol. The summed E-state index contributed by atoms with van der Waals surface area (Å²) >= 11 is 1.60. The van der Waals surface area contributed by atoms with Gasteiger partial charge in [0.05, 0.1) is 19.8 Å². The van der Waals surface area contributed by atoms with Crippen molar-refractivity contribution in [3.8, 4) is 11.5 Å². The van der Waals surface area contributed by atoms with E-state index in [0.717, 1.165) is 23.1 Å². The van der Waals surface area contributed by atoms with Gasteiger partial charge in [0.2, 0.25) is 5.91 Å². The number of ether oxygens (including phenoxy) is 2. The summed E-state index contributed by atoms with van der Waals surface area (Å²) in [7, 11) is 3.07. The van der Waals surface area contributed by atoms with Gasteiger partial charge in [-0.2, -0.15) is 0 Å². The first-order chi connectivity index (χ1) is 15.1. The molecule has 2 aliphatic rings. The van der Waals surface area contributed by atoms with Crippen LogP contribution in [0.3, 0.4) is 0 Å². The number of amides is 2. The number of carbonyl (C=O) groups excluding carboxylic acids is 2. The smallest absolute Gasteiger partial charge is 0.260 e. The number of benzene rings is 2. The van der Waals surface area contributed by atoms with Crippen molar-refractivity contribution in [1.82, 2.24) is 15.2 Å². The van der Waals surface area contributed by atoms with Gasteiger partial charge in [-0.1, -0.05) is 24.3 Å². The molecule has 1 fully saturated rings. The highest BCUT2D eigenvalue weighted by Gasteiger charge is 2.50. The highest BCUT2D eigenvalue weighted by atomic mass is 32.2. The molecule has 5 rings (SSSR count). The molecule has 0 unspecified atom stereocenters. The standard InChI is InChI=1S/C23H23N3O4S/c1-29-18-8-7-15-19(20(18)30-2)22(28)26-17(12-31-23(15)26)21(27)24-10-9-13-11-25-16-6-4-3-5-14(13)16/h3-8,11,17,23,25H,9-10,12H2,1-2H3,(H,24,27)/t17-,23+/m0/s1. The van der Waals surface area contributed by atoms with E-state index in [2.05, 4.69) is 16.4 Å². The first-order valence-electron chi connectivity index (χ1n) is 10.2. The highest BCUT2D eigenvalue weighted by molar-refractivity contribution is 7.99. The minimum Gasteiger partial charge on any atom is -0.493 e. The van der Waals surface area contributed by atoms with Crippen molar-refractivity contribution >= 4 is 34.5 Å². The number of nitrogens with one attached hydrogen (secondary N) is 2. The second-order valence-electron chi connectivity index (χ2n) is 7.58.